The molecule has 1 aromatic rings. The summed E-state index contributed by atoms with van der Waals surface area (Å²) in [6.45, 7) is 9.96. The van der Waals surface area contributed by atoms with E-state index in [9.17, 15) is 0 Å². The second kappa shape index (κ2) is 5.74. The zero-order valence-electron chi connectivity index (χ0n) is 12.1. The lowest BCUT2D eigenvalue weighted by Crippen LogP contribution is -2.37. The number of anilines is 1. The Labute approximate surface area is 110 Å². The number of hydrogen-bond donors (Lipinski definition) is 1. The van der Waals surface area contributed by atoms with E-state index >= 15 is 0 Å². The molecule has 4 heteroatoms. The highest BCUT2D eigenvalue weighted by Gasteiger charge is 2.18. The van der Waals surface area contributed by atoms with E-state index in [4.69, 9.17) is 0 Å². The number of aromatic nitrogens is 2. The van der Waals surface area contributed by atoms with Crippen LogP contribution in [-0.2, 0) is 6.54 Å². The molecule has 1 aliphatic heterocycles. The normalized spacial score (nSPS) is 18.5. The van der Waals surface area contributed by atoms with Crippen LogP contribution >= 0.6 is 0 Å². The summed E-state index contributed by atoms with van der Waals surface area (Å²) in [6, 6.07) is 0.578. The van der Waals surface area contributed by atoms with Crippen LogP contribution in [0.15, 0.2) is 6.20 Å². The topological polar surface area (TPSA) is 33.1 Å². The Morgan fingerprint density at radius 3 is 2.67 bits per heavy atom. The summed E-state index contributed by atoms with van der Waals surface area (Å²) in [7, 11) is 2.19. The molecule has 0 atom stereocenters. The van der Waals surface area contributed by atoms with Crippen molar-refractivity contribution in [3.8, 4) is 0 Å². The van der Waals surface area contributed by atoms with E-state index < -0.39 is 0 Å². The standard InChI is InChI=1S/C14H26N4/c1-11(2)9-18-10-12(3)15-14(18)16-13-5-7-17(4)8-6-13/h10-11,13H,5-9H2,1-4H3,(H,15,16). The Bertz CT molecular complexity index is 375. The van der Waals surface area contributed by atoms with Gasteiger partial charge in [0, 0.05) is 18.8 Å². The fourth-order valence-corrected chi connectivity index (χ4v) is 2.53. The van der Waals surface area contributed by atoms with Gasteiger partial charge in [0.2, 0.25) is 5.95 Å². The molecule has 1 aliphatic rings. The molecule has 0 aromatic carbocycles. The first-order valence-electron chi connectivity index (χ1n) is 7.03. The predicted octanol–water partition coefficient (Wildman–Crippen LogP) is 2.35. The van der Waals surface area contributed by atoms with E-state index in [-0.39, 0.29) is 0 Å². The minimum Gasteiger partial charge on any atom is -0.353 e. The number of hydrogen-bond acceptors (Lipinski definition) is 3. The average molecular weight is 250 g/mol. The van der Waals surface area contributed by atoms with Crippen LogP contribution in [-0.4, -0.2) is 40.6 Å². The molecule has 0 radical (unpaired) electrons. The van der Waals surface area contributed by atoms with Gasteiger partial charge in [0.15, 0.2) is 0 Å². The van der Waals surface area contributed by atoms with Gasteiger partial charge >= 0.3 is 0 Å². The van der Waals surface area contributed by atoms with Crippen LogP contribution in [0.3, 0.4) is 0 Å². The summed E-state index contributed by atoms with van der Waals surface area (Å²) >= 11 is 0. The Balaban J connectivity index is 1.99. The fourth-order valence-electron chi connectivity index (χ4n) is 2.53. The van der Waals surface area contributed by atoms with E-state index in [1.807, 2.05) is 0 Å². The number of rotatable bonds is 4. The first kappa shape index (κ1) is 13.4. The van der Waals surface area contributed by atoms with Gasteiger partial charge in [-0.05, 0) is 45.8 Å². The highest BCUT2D eigenvalue weighted by atomic mass is 15.2. The minimum absolute atomic E-state index is 0.578. The number of imidazole rings is 1. The van der Waals surface area contributed by atoms with Crippen molar-refractivity contribution in [1.29, 1.82) is 0 Å². The Morgan fingerprint density at radius 1 is 1.39 bits per heavy atom. The van der Waals surface area contributed by atoms with E-state index in [1.165, 1.54) is 25.9 Å². The summed E-state index contributed by atoms with van der Waals surface area (Å²) in [5.74, 6) is 1.70. The van der Waals surface area contributed by atoms with E-state index in [0.29, 0.717) is 12.0 Å². The molecule has 1 N–H and O–H groups in total. The molecule has 0 unspecified atom stereocenters. The van der Waals surface area contributed by atoms with E-state index in [2.05, 4.69) is 53.8 Å². The molecule has 0 bridgehead atoms. The van der Waals surface area contributed by atoms with Gasteiger partial charge in [0.1, 0.15) is 0 Å². The van der Waals surface area contributed by atoms with Crippen molar-refractivity contribution < 1.29 is 0 Å². The average Bonchev–Trinajstić information content (AvgIpc) is 2.61. The molecular formula is C14H26N4. The molecular weight excluding hydrogens is 224 g/mol. The largest absolute Gasteiger partial charge is 0.353 e. The number of aryl methyl sites for hydroxylation is 1. The van der Waals surface area contributed by atoms with Crippen LogP contribution in [0.2, 0.25) is 0 Å². The maximum atomic E-state index is 4.62. The minimum atomic E-state index is 0.578. The molecule has 0 saturated carbocycles. The Kier molecular flexibility index (Phi) is 4.27. The van der Waals surface area contributed by atoms with Gasteiger partial charge in [-0.1, -0.05) is 13.8 Å². The maximum Gasteiger partial charge on any atom is 0.203 e. The maximum absolute atomic E-state index is 4.62. The third-order valence-electron chi connectivity index (χ3n) is 3.51. The number of nitrogens with one attached hydrogen (secondary N) is 1. The summed E-state index contributed by atoms with van der Waals surface area (Å²) < 4.78 is 2.26. The number of likely N-dealkylation sites (tertiary alicyclic amines) is 1. The first-order valence-corrected chi connectivity index (χ1v) is 7.03. The monoisotopic (exact) mass is 250 g/mol. The molecule has 0 amide bonds. The van der Waals surface area contributed by atoms with Crippen molar-refractivity contribution in [2.75, 3.05) is 25.5 Å². The van der Waals surface area contributed by atoms with Crippen LogP contribution in [0.5, 0.6) is 0 Å². The lowest BCUT2D eigenvalue weighted by Gasteiger charge is -2.30. The quantitative estimate of drug-likeness (QED) is 0.890. The lowest BCUT2D eigenvalue weighted by molar-refractivity contribution is 0.263. The van der Waals surface area contributed by atoms with Crippen molar-refractivity contribution in [3.05, 3.63) is 11.9 Å². The zero-order valence-corrected chi connectivity index (χ0v) is 12.1. The smallest absolute Gasteiger partial charge is 0.203 e. The molecule has 0 aliphatic carbocycles. The second-order valence-electron chi connectivity index (χ2n) is 5.97. The summed E-state index contributed by atoms with van der Waals surface area (Å²) in [5, 5.41) is 3.62. The van der Waals surface area contributed by atoms with E-state index in [1.54, 1.807) is 0 Å². The van der Waals surface area contributed by atoms with Gasteiger partial charge in [0.05, 0.1) is 5.69 Å². The van der Waals surface area contributed by atoms with Crippen LogP contribution in [0.1, 0.15) is 32.4 Å². The lowest BCUT2D eigenvalue weighted by atomic mass is 10.1. The van der Waals surface area contributed by atoms with Crippen LogP contribution in [0, 0.1) is 12.8 Å². The van der Waals surface area contributed by atoms with Gasteiger partial charge in [0.25, 0.3) is 0 Å². The van der Waals surface area contributed by atoms with Crippen molar-refractivity contribution in [3.63, 3.8) is 0 Å². The number of piperidine rings is 1. The van der Waals surface area contributed by atoms with Gasteiger partial charge in [-0.2, -0.15) is 0 Å². The van der Waals surface area contributed by atoms with Crippen molar-refractivity contribution in [2.45, 2.75) is 46.2 Å². The molecule has 2 rings (SSSR count). The van der Waals surface area contributed by atoms with Crippen LogP contribution < -0.4 is 5.32 Å². The molecule has 0 spiro atoms. The van der Waals surface area contributed by atoms with Crippen molar-refractivity contribution >= 4 is 5.95 Å². The molecule has 18 heavy (non-hydrogen) atoms. The molecule has 2 heterocycles. The highest BCUT2D eigenvalue weighted by Crippen LogP contribution is 2.17. The van der Waals surface area contributed by atoms with Gasteiger partial charge in [-0.25, -0.2) is 4.98 Å². The molecule has 1 saturated heterocycles. The molecule has 102 valence electrons. The van der Waals surface area contributed by atoms with Gasteiger partial charge in [-0.15, -0.1) is 0 Å². The highest BCUT2D eigenvalue weighted by molar-refractivity contribution is 5.30. The van der Waals surface area contributed by atoms with Crippen molar-refractivity contribution in [2.24, 2.45) is 5.92 Å². The third kappa shape index (κ3) is 3.48. The van der Waals surface area contributed by atoms with Crippen LogP contribution in [0.25, 0.3) is 0 Å². The zero-order chi connectivity index (χ0) is 13.1. The second-order valence-corrected chi connectivity index (χ2v) is 5.97. The van der Waals surface area contributed by atoms with Crippen molar-refractivity contribution in [1.82, 2.24) is 14.5 Å². The fraction of sp³-hybridized carbons (Fsp3) is 0.786. The third-order valence-corrected chi connectivity index (χ3v) is 3.51. The first-order chi connectivity index (χ1) is 8.54. The molecule has 4 nitrogen and oxygen atoms in total. The van der Waals surface area contributed by atoms with Gasteiger partial charge in [-0.3, -0.25) is 0 Å². The summed E-state index contributed by atoms with van der Waals surface area (Å²) in [4.78, 5) is 7.01. The SMILES string of the molecule is Cc1cn(CC(C)C)c(NC2CCN(C)CC2)n1. The summed E-state index contributed by atoms with van der Waals surface area (Å²) in [5.41, 5.74) is 1.10. The number of nitrogens with zero attached hydrogens (tertiary/aromatic N) is 3. The Morgan fingerprint density at radius 2 is 2.06 bits per heavy atom. The van der Waals surface area contributed by atoms with E-state index in [0.717, 1.165) is 18.2 Å². The Hall–Kier alpha value is -1.03. The molecule has 1 aromatic heterocycles. The van der Waals surface area contributed by atoms with Gasteiger partial charge < -0.3 is 14.8 Å². The summed E-state index contributed by atoms with van der Waals surface area (Å²) in [6.07, 6.45) is 4.57. The predicted molar refractivity (Wildman–Crippen MR) is 75.9 cm³/mol. The molecule has 1 fully saturated rings. The van der Waals surface area contributed by atoms with Crippen LogP contribution in [0.4, 0.5) is 5.95 Å².